The lowest BCUT2D eigenvalue weighted by Crippen LogP contribution is -2.93. The fourth-order valence-corrected chi connectivity index (χ4v) is 2.33. The number of carboxylic acids is 1. The van der Waals surface area contributed by atoms with Crippen LogP contribution in [0.3, 0.4) is 0 Å². The summed E-state index contributed by atoms with van der Waals surface area (Å²) in [5.74, 6) is -1.49. The number of aryl methyl sites for hydroxylation is 2. The van der Waals surface area contributed by atoms with Crippen molar-refractivity contribution in [1.82, 2.24) is 0 Å². The number of nitrogens with one attached hydrogen (secondary N) is 1. The molecule has 1 atom stereocenters. The average Bonchev–Trinajstić information content (AvgIpc) is 2.45. The number of rotatable bonds is 9. The Hall–Kier alpha value is -1.88. The molecule has 0 aliphatic rings. The van der Waals surface area contributed by atoms with Crippen LogP contribution in [0.4, 0.5) is 5.69 Å². The minimum atomic E-state index is -1.19. The molecule has 0 unspecified atom stereocenters. The molecule has 122 valence electrons. The molecule has 0 fully saturated rings. The normalized spacial score (nSPS) is 12.0. The van der Waals surface area contributed by atoms with E-state index in [1.807, 2.05) is 32.0 Å². The van der Waals surface area contributed by atoms with Crippen LogP contribution in [0.5, 0.6) is 0 Å². The van der Waals surface area contributed by atoms with Gasteiger partial charge in [-0.05, 0) is 38.3 Å². The number of hydrogen-bond acceptors (Lipinski definition) is 3. The molecule has 0 saturated heterocycles. The van der Waals surface area contributed by atoms with Gasteiger partial charge in [0.05, 0.1) is 18.9 Å². The second kappa shape index (κ2) is 9.20. The van der Waals surface area contributed by atoms with Crippen molar-refractivity contribution in [3.63, 3.8) is 0 Å². The first-order valence-corrected chi connectivity index (χ1v) is 7.85. The van der Waals surface area contributed by atoms with Gasteiger partial charge in [-0.3, -0.25) is 4.79 Å². The van der Waals surface area contributed by atoms with E-state index in [0.717, 1.165) is 36.1 Å². The molecule has 0 aliphatic carbocycles. The topological polar surface area (TPSA) is 85.8 Å². The van der Waals surface area contributed by atoms with E-state index in [2.05, 4.69) is 12.2 Å². The molecule has 0 radical (unpaired) electrons. The van der Waals surface area contributed by atoms with E-state index in [0.29, 0.717) is 6.54 Å². The number of benzene rings is 1. The minimum Gasteiger partial charge on any atom is -0.544 e. The van der Waals surface area contributed by atoms with Gasteiger partial charge < -0.3 is 20.5 Å². The Morgan fingerprint density at radius 2 is 2.00 bits per heavy atom. The fourth-order valence-electron chi connectivity index (χ4n) is 2.33. The third-order valence-electron chi connectivity index (χ3n) is 3.62. The Morgan fingerprint density at radius 3 is 2.59 bits per heavy atom. The fraction of sp³-hybridized carbons (Fsp3) is 0.529. The lowest BCUT2D eigenvalue weighted by molar-refractivity contribution is -0.682. The van der Waals surface area contributed by atoms with Crippen LogP contribution in [-0.4, -0.2) is 24.5 Å². The number of unbranched alkanes of at least 4 members (excludes halogenated alkanes) is 2. The van der Waals surface area contributed by atoms with Gasteiger partial charge in [-0.15, -0.1) is 0 Å². The van der Waals surface area contributed by atoms with Crippen molar-refractivity contribution in [2.24, 2.45) is 0 Å². The second-order valence-electron chi connectivity index (χ2n) is 5.73. The van der Waals surface area contributed by atoms with Crippen LogP contribution < -0.4 is 15.7 Å². The SMILES string of the molecule is CCCCC[NH2+][C@@H](CC(=O)Nc1ccc(C)cc1C)C(=O)[O-]. The third-order valence-corrected chi connectivity index (χ3v) is 3.62. The van der Waals surface area contributed by atoms with E-state index in [1.54, 1.807) is 5.32 Å². The molecule has 5 nitrogen and oxygen atoms in total. The summed E-state index contributed by atoms with van der Waals surface area (Å²) >= 11 is 0. The predicted octanol–water partition coefficient (Wildman–Crippen LogP) is 0.504. The second-order valence-corrected chi connectivity index (χ2v) is 5.73. The smallest absolute Gasteiger partial charge is 0.230 e. The number of carbonyl (C=O) groups excluding carboxylic acids is 2. The van der Waals surface area contributed by atoms with Crippen LogP contribution >= 0.6 is 0 Å². The first kappa shape index (κ1) is 18.2. The molecule has 1 rings (SSSR count). The van der Waals surface area contributed by atoms with Gasteiger partial charge in [0.2, 0.25) is 5.91 Å². The number of nitrogens with two attached hydrogens (primary N) is 1. The van der Waals surface area contributed by atoms with E-state index in [4.69, 9.17) is 0 Å². The summed E-state index contributed by atoms with van der Waals surface area (Å²) in [6.45, 7) is 6.68. The van der Waals surface area contributed by atoms with Gasteiger partial charge in [0.25, 0.3) is 0 Å². The molecule has 0 aliphatic heterocycles. The van der Waals surface area contributed by atoms with Crippen molar-refractivity contribution in [3.8, 4) is 0 Å². The zero-order valence-electron chi connectivity index (χ0n) is 13.6. The number of quaternary nitrogens is 1. The van der Waals surface area contributed by atoms with Crippen molar-refractivity contribution in [2.75, 3.05) is 11.9 Å². The summed E-state index contributed by atoms with van der Waals surface area (Å²) < 4.78 is 0. The molecule has 1 aromatic carbocycles. The Bertz CT molecular complexity index is 515. The summed E-state index contributed by atoms with van der Waals surface area (Å²) in [5, 5.41) is 15.6. The first-order valence-electron chi connectivity index (χ1n) is 7.85. The molecule has 0 bridgehead atoms. The Morgan fingerprint density at radius 1 is 1.27 bits per heavy atom. The Labute approximate surface area is 132 Å². The molecule has 5 heteroatoms. The first-order chi connectivity index (χ1) is 10.4. The van der Waals surface area contributed by atoms with Crippen LogP contribution in [0.15, 0.2) is 18.2 Å². The molecule has 0 aromatic heterocycles. The quantitative estimate of drug-likeness (QED) is 0.652. The zero-order valence-corrected chi connectivity index (χ0v) is 13.6. The molecule has 1 amide bonds. The van der Waals surface area contributed by atoms with Crippen LogP contribution in [0.25, 0.3) is 0 Å². The van der Waals surface area contributed by atoms with Gasteiger partial charge in [0.15, 0.2) is 0 Å². The zero-order chi connectivity index (χ0) is 16.5. The summed E-state index contributed by atoms with van der Waals surface area (Å²) in [6.07, 6.45) is 3.00. The highest BCUT2D eigenvalue weighted by Crippen LogP contribution is 2.16. The molecule has 22 heavy (non-hydrogen) atoms. The summed E-state index contributed by atoms with van der Waals surface area (Å²) in [7, 11) is 0. The molecular weight excluding hydrogens is 280 g/mol. The highest BCUT2D eigenvalue weighted by molar-refractivity contribution is 5.94. The maximum Gasteiger partial charge on any atom is 0.230 e. The van der Waals surface area contributed by atoms with Crippen LogP contribution in [0.1, 0.15) is 43.7 Å². The van der Waals surface area contributed by atoms with Crippen molar-refractivity contribution in [3.05, 3.63) is 29.3 Å². The molecule has 0 spiro atoms. The highest BCUT2D eigenvalue weighted by atomic mass is 16.4. The Kier molecular flexibility index (Phi) is 7.60. The Balaban J connectivity index is 2.54. The van der Waals surface area contributed by atoms with E-state index >= 15 is 0 Å². The van der Waals surface area contributed by atoms with Gasteiger partial charge in [-0.25, -0.2) is 0 Å². The molecular formula is C17H26N2O3. The number of carboxylic acid groups (broad SMARTS) is 1. The summed E-state index contributed by atoms with van der Waals surface area (Å²) in [4.78, 5) is 23.2. The molecule has 1 aromatic rings. The van der Waals surface area contributed by atoms with Gasteiger partial charge in [0, 0.05) is 5.69 Å². The standard InChI is InChI=1S/C17H26N2O3/c1-4-5-6-9-18-15(17(21)22)11-16(20)19-14-8-7-12(2)10-13(14)3/h7-8,10,15,18H,4-6,9,11H2,1-3H3,(H,19,20)(H,21,22)/t15-/m0/s1. The number of amides is 1. The minimum absolute atomic E-state index is 0.0816. The van der Waals surface area contributed by atoms with E-state index in [9.17, 15) is 14.7 Å². The van der Waals surface area contributed by atoms with Crippen molar-refractivity contribution < 1.29 is 20.0 Å². The van der Waals surface area contributed by atoms with Gasteiger partial charge in [0.1, 0.15) is 6.04 Å². The monoisotopic (exact) mass is 306 g/mol. The maximum absolute atomic E-state index is 12.0. The van der Waals surface area contributed by atoms with Crippen molar-refractivity contribution in [2.45, 2.75) is 52.5 Å². The largest absolute Gasteiger partial charge is 0.544 e. The van der Waals surface area contributed by atoms with E-state index in [1.165, 1.54) is 0 Å². The van der Waals surface area contributed by atoms with Crippen molar-refractivity contribution in [1.29, 1.82) is 0 Å². The van der Waals surface area contributed by atoms with Crippen LogP contribution in [0.2, 0.25) is 0 Å². The summed E-state index contributed by atoms with van der Waals surface area (Å²) in [6, 6.07) is 4.89. The van der Waals surface area contributed by atoms with Crippen LogP contribution in [-0.2, 0) is 9.59 Å². The molecule has 0 saturated carbocycles. The highest BCUT2D eigenvalue weighted by Gasteiger charge is 2.18. The van der Waals surface area contributed by atoms with Crippen LogP contribution in [0, 0.1) is 13.8 Å². The van der Waals surface area contributed by atoms with Gasteiger partial charge >= 0.3 is 0 Å². The number of anilines is 1. The van der Waals surface area contributed by atoms with Gasteiger partial charge in [-0.2, -0.15) is 0 Å². The third kappa shape index (κ3) is 6.26. The van der Waals surface area contributed by atoms with Crippen molar-refractivity contribution >= 4 is 17.6 Å². The van der Waals surface area contributed by atoms with E-state index < -0.39 is 12.0 Å². The number of carbonyl (C=O) groups is 2. The predicted molar refractivity (Wildman–Crippen MR) is 84.3 cm³/mol. The van der Waals surface area contributed by atoms with Gasteiger partial charge in [-0.1, -0.05) is 31.0 Å². The lowest BCUT2D eigenvalue weighted by atomic mass is 10.1. The average molecular weight is 306 g/mol. The number of hydrogen-bond donors (Lipinski definition) is 2. The lowest BCUT2D eigenvalue weighted by Gasteiger charge is -2.17. The molecule has 3 N–H and O–H groups in total. The number of aliphatic carboxylic acids is 1. The maximum atomic E-state index is 12.0. The molecule has 0 heterocycles. The van der Waals surface area contributed by atoms with E-state index in [-0.39, 0.29) is 12.3 Å². The summed E-state index contributed by atoms with van der Waals surface area (Å²) in [5.41, 5.74) is 2.80.